The van der Waals surface area contributed by atoms with Crippen LogP contribution in [0.4, 0.5) is 5.82 Å². The molecule has 1 aliphatic heterocycles. The Balaban J connectivity index is 1.54. The van der Waals surface area contributed by atoms with E-state index in [4.69, 9.17) is 34.0 Å². The van der Waals surface area contributed by atoms with Crippen LogP contribution in [0.25, 0.3) is 0 Å². The molecular weight excluding hydrogens is 459 g/mol. The molecule has 1 amide bonds. The summed E-state index contributed by atoms with van der Waals surface area (Å²) in [6.07, 6.45) is 12.2. The van der Waals surface area contributed by atoms with Crippen molar-refractivity contribution in [3.05, 3.63) is 69.9 Å². The number of anilines is 1. The number of hydrogen-bond donors (Lipinski definition) is 2. The highest BCUT2D eigenvalue weighted by atomic mass is 35.5. The summed E-state index contributed by atoms with van der Waals surface area (Å²) in [5, 5.41) is 18.9. The highest BCUT2D eigenvalue weighted by molar-refractivity contribution is 6.35. The van der Waals surface area contributed by atoms with Gasteiger partial charge in [-0.05, 0) is 31.4 Å². The van der Waals surface area contributed by atoms with Crippen molar-refractivity contribution in [2.75, 3.05) is 18.4 Å². The second-order valence-electron chi connectivity index (χ2n) is 8.54. The molecule has 172 valence electrons. The molecule has 1 aromatic heterocycles. The van der Waals surface area contributed by atoms with E-state index >= 15 is 0 Å². The van der Waals surface area contributed by atoms with E-state index in [9.17, 15) is 10.1 Å². The molecule has 1 unspecified atom stereocenters. The number of carbonyl (C=O) groups is 1. The number of piperidine rings is 1. The number of hydrogen-bond acceptors (Lipinski definition) is 5. The van der Waals surface area contributed by atoms with Crippen molar-refractivity contribution in [1.29, 1.82) is 5.26 Å². The van der Waals surface area contributed by atoms with Crippen molar-refractivity contribution in [2.45, 2.75) is 43.8 Å². The van der Waals surface area contributed by atoms with Crippen molar-refractivity contribution < 1.29 is 4.79 Å². The number of nitriles is 1. The average Bonchev–Trinajstić information content (AvgIpc) is 3.23. The fourth-order valence-electron chi connectivity index (χ4n) is 4.44. The molecule has 7 nitrogen and oxygen atoms in total. The molecule has 4 rings (SSSR count). The molecule has 2 heterocycles. The third-order valence-corrected chi connectivity index (χ3v) is 7.11. The number of nitrogens with two attached hydrogens (primary N) is 1. The number of carbonyl (C=O) groups excluding carboxylic acids is 1. The summed E-state index contributed by atoms with van der Waals surface area (Å²) in [6, 6.07) is 7.87. The maximum atomic E-state index is 12.1. The molecule has 1 aromatic carbocycles. The number of benzene rings is 1. The monoisotopic (exact) mass is 484 g/mol. The lowest BCUT2D eigenvalue weighted by Gasteiger charge is -2.41. The molecule has 33 heavy (non-hydrogen) atoms. The average molecular weight is 485 g/mol. The van der Waals surface area contributed by atoms with E-state index < -0.39 is 11.4 Å². The highest BCUT2D eigenvalue weighted by Gasteiger charge is 2.38. The second-order valence-corrected chi connectivity index (χ2v) is 9.35. The van der Waals surface area contributed by atoms with Crippen LogP contribution in [0.3, 0.4) is 0 Å². The van der Waals surface area contributed by atoms with Gasteiger partial charge in [-0.15, -0.1) is 0 Å². The summed E-state index contributed by atoms with van der Waals surface area (Å²) in [6.45, 7) is 2.13. The second kappa shape index (κ2) is 10.0. The Hall–Kier alpha value is -2.79. The molecule has 3 N–H and O–H groups in total. The molecule has 0 bridgehead atoms. The zero-order valence-electron chi connectivity index (χ0n) is 18.2. The van der Waals surface area contributed by atoms with E-state index in [2.05, 4.69) is 22.4 Å². The van der Waals surface area contributed by atoms with E-state index in [1.807, 2.05) is 36.4 Å². The first kappa shape index (κ1) is 23.4. The van der Waals surface area contributed by atoms with Gasteiger partial charge < -0.3 is 11.1 Å². The largest absolute Gasteiger partial charge is 0.365 e. The minimum absolute atomic E-state index is 0.0329. The van der Waals surface area contributed by atoms with Crippen LogP contribution < -0.4 is 11.1 Å². The van der Waals surface area contributed by atoms with Crippen LogP contribution in [0.5, 0.6) is 0 Å². The molecular formula is C24H26Cl2N6O. The van der Waals surface area contributed by atoms with Crippen molar-refractivity contribution in [2.24, 2.45) is 5.73 Å². The Labute approximate surface area is 203 Å². The van der Waals surface area contributed by atoms with Crippen LogP contribution in [0.15, 0.2) is 48.7 Å². The Morgan fingerprint density at radius 3 is 2.61 bits per heavy atom. The van der Waals surface area contributed by atoms with E-state index in [0.29, 0.717) is 47.2 Å². The third-order valence-electron chi connectivity index (χ3n) is 6.41. The number of likely N-dealkylation sites (tertiary alicyclic amines) is 1. The minimum Gasteiger partial charge on any atom is -0.365 e. The zero-order chi connectivity index (χ0) is 23.4. The van der Waals surface area contributed by atoms with E-state index in [1.165, 1.54) is 0 Å². The van der Waals surface area contributed by atoms with Crippen LogP contribution in [0.2, 0.25) is 10.0 Å². The molecule has 1 aliphatic carbocycles. The van der Waals surface area contributed by atoms with Gasteiger partial charge in [-0.2, -0.15) is 10.4 Å². The Kier molecular flexibility index (Phi) is 7.08. The molecule has 0 spiro atoms. The Bertz CT molecular complexity index is 1100. The predicted molar refractivity (Wildman–Crippen MR) is 130 cm³/mol. The van der Waals surface area contributed by atoms with Gasteiger partial charge in [0.1, 0.15) is 5.56 Å². The Morgan fingerprint density at radius 1 is 1.27 bits per heavy atom. The van der Waals surface area contributed by atoms with Crippen molar-refractivity contribution in [3.63, 3.8) is 0 Å². The van der Waals surface area contributed by atoms with Gasteiger partial charge in [-0.3, -0.25) is 14.4 Å². The maximum absolute atomic E-state index is 12.1. The first-order valence-electron chi connectivity index (χ1n) is 10.9. The lowest BCUT2D eigenvalue weighted by molar-refractivity contribution is 0.0967. The fraction of sp³-hybridized carbons (Fsp3) is 0.375. The predicted octanol–water partition coefficient (Wildman–Crippen LogP) is 4.49. The van der Waals surface area contributed by atoms with E-state index in [1.54, 1.807) is 10.9 Å². The number of nitrogens with one attached hydrogen (secondary N) is 1. The number of allylic oxidation sites excluding steroid dienone is 2. The topological polar surface area (TPSA) is 100.0 Å². The lowest BCUT2D eigenvalue weighted by Crippen LogP contribution is -2.46. The highest BCUT2D eigenvalue weighted by Crippen LogP contribution is 2.36. The Morgan fingerprint density at radius 2 is 2.00 bits per heavy atom. The first-order chi connectivity index (χ1) is 15.9. The molecule has 0 saturated carbocycles. The molecule has 1 atom stereocenters. The quantitative estimate of drug-likeness (QED) is 0.602. The van der Waals surface area contributed by atoms with Crippen molar-refractivity contribution >= 4 is 34.9 Å². The van der Waals surface area contributed by atoms with Crippen LogP contribution in [0, 0.1) is 11.3 Å². The van der Waals surface area contributed by atoms with Gasteiger partial charge in [0.25, 0.3) is 5.91 Å². The van der Waals surface area contributed by atoms with Gasteiger partial charge in [0.05, 0.1) is 18.0 Å². The summed E-state index contributed by atoms with van der Waals surface area (Å²) in [5.74, 6) is -0.0907. The third kappa shape index (κ3) is 5.09. The fourth-order valence-corrected chi connectivity index (χ4v) is 4.95. The minimum atomic E-state index is -0.544. The zero-order valence-corrected chi connectivity index (χ0v) is 19.7. The lowest BCUT2D eigenvalue weighted by atomic mass is 9.84. The van der Waals surface area contributed by atoms with Gasteiger partial charge in [0.2, 0.25) is 0 Å². The number of primary amides is 1. The molecule has 2 aromatic rings. The number of nitrogens with zero attached hydrogens (tertiary/aromatic N) is 4. The summed E-state index contributed by atoms with van der Waals surface area (Å²) in [5.41, 5.74) is 6.38. The molecule has 0 radical (unpaired) electrons. The van der Waals surface area contributed by atoms with Gasteiger partial charge >= 0.3 is 0 Å². The maximum Gasteiger partial charge on any atom is 0.254 e. The van der Waals surface area contributed by atoms with Gasteiger partial charge in [0, 0.05) is 47.5 Å². The molecule has 1 fully saturated rings. The van der Waals surface area contributed by atoms with Gasteiger partial charge in [0.15, 0.2) is 5.82 Å². The van der Waals surface area contributed by atoms with Crippen LogP contribution in [0.1, 0.15) is 41.6 Å². The number of halogens is 2. The normalized spacial score (nSPS) is 19.8. The molecule has 1 saturated heterocycles. The summed E-state index contributed by atoms with van der Waals surface area (Å²) < 4.78 is 1.78. The SMILES string of the molecule is N#CCC1(n2cc(C(N)=O)c(NC3C=CC=CC3)n2)CCN(Cc2c(Cl)cccc2Cl)CC1. The molecule has 2 aliphatic rings. The van der Waals surface area contributed by atoms with E-state index in [0.717, 1.165) is 25.1 Å². The van der Waals surface area contributed by atoms with Crippen LogP contribution >= 0.6 is 23.2 Å². The first-order valence-corrected chi connectivity index (χ1v) is 11.7. The van der Waals surface area contributed by atoms with Crippen molar-refractivity contribution in [1.82, 2.24) is 14.7 Å². The smallest absolute Gasteiger partial charge is 0.254 e. The van der Waals surface area contributed by atoms with Crippen LogP contribution in [-0.4, -0.2) is 39.7 Å². The summed E-state index contributed by atoms with van der Waals surface area (Å²) >= 11 is 12.7. The van der Waals surface area contributed by atoms with Crippen LogP contribution in [-0.2, 0) is 12.1 Å². The van der Waals surface area contributed by atoms with Gasteiger partial charge in [-0.25, -0.2) is 0 Å². The molecule has 9 heteroatoms. The number of rotatable bonds is 7. The number of amides is 1. The summed E-state index contributed by atoms with van der Waals surface area (Å²) in [7, 11) is 0. The standard InChI is InChI=1S/C24H26Cl2N6O/c25-20-7-4-8-21(26)18(20)15-31-13-10-24(9-12-27,11-14-31)32-16-19(22(28)33)23(30-32)29-17-5-2-1-3-6-17/h1-5,7-8,16-17H,6,9-11,13-15H2,(H2,28,33)(H,29,30). The van der Waals surface area contributed by atoms with Crippen molar-refractivity contribution in [3.8, 4) is 6.07 Å². The summed E-state index contributed by atoms with van der Waals surface area (Å²) in [4.78, 5) is 14.4. The van der Waals surface area contributed by atoms with Gasteiger partial charge in [-0.1, -0.05) is 53.6 Å². The van der Waals surface area contributed by atoms with E-state index in [-0.39, 0.29) is 6.04 Å². The number of aromatic nitrogens is 2.